The fourth-order valence-corrected chi connectivity index (χ4v) is 3.58. The first-order valence-corrected chi connectivity index (χ1v) is 8.48. The van der Waals surface area contributed by atoms with E-state index < -0.39 is 0 Å². The van der Waals surface area contributed by atoms with Crippen LogP contribution in [0.2, 0.25) is 5.02 Å². The van der Waals surface area contributed by atoms with Gasteiger partial charge in [-0.05, 0) is 59.5 Å². The van der Waals surface area contributed by atoms with Crippen LogP contribution in [0.5, 0.6) is 0 Å². The van der Waals surface area contributed by atoms with Gasteiger partial charge in [-0.25, -0.2) is 0 Å². The Kier molecular flexibility index (Phi) is 5.89. The van der Waals surface area contributed by atoms with Gasteiger partial charge in [-0.3, -0.25) is 0 Å². The molecule has 1 aromatic carbocycles. The zero-order valence-corrected chi connectivity index (χ0v) is 14.0. The Morgan fingerprint density at radius 2 is 2.16 bits per heavy atom. The largest absolute Gasteiger partial charge is 0.314 e. The summed E-state index contributed by atoms with van der Waals surface area (Å²) in [6, 6.07) is 8.74. The lowest BCUT2D eigenvalue weighted by atomic mass is 10.0. The molecule has 0 saturated carbocycles. The quantitative estimate of drug-likeness (QED) is 0.772. The topological polar surface area (TPSA) is 12.0 Å². The van der Waals surface area contributed by atoms with Crippen LogP contribution in [-0.2, 0) is 12.8 Å². The van der Waals surface area contributed by atoms with Gasteiger partial charge in [0.2, 0.25) is 0 Å². The number of likely N-dealkylation sites (N-methyl/N-ethyl adjacent to an activating group) is 1. The van der Waals surface area contributed by atoms with Gasteiger partial charge < -0.3 is 5.32 Å². The van der Waals surface area contributed by atoms with Crippen molar-refractivity contribution in [3.8, 4) is 0 Å². The highest BCUT2D eigenvalue weighted by atomic mass is 79.9. The zero-order chi connectivity index (χ0) is 13.7. The molecule has 0 aliphatic rings. The van der Waals surface area contributed by atoms with Gasteiger partial charge in [-0.1, -0.05) is 40.5 Å². The average Bonchev–Trinajstić information content (AvgIpc) is 2.86. The second-order valence-electron chi connectivity index (χ2n) is 4.53. The van der Waals surface area contributed by atoms with Gasteiger partial charge in [0, 0.05) is 15.5 Å². The molecule has 0 saturated heterocycles. The summed E-state index contributed by atoms with van der Waals surface area (Å²) in [7, 11) is 0. The van der Waals surface area contributed by atoms with Crippen LogP contribution in [0, 0.1) is 0 Å². The average molecular weight is 359 g/mol. The molecule has 4 heteroatoms. The molecular formula is C15H17BrClNS. The number of benzene rings is 1. The van der Waals surface area contributed by atoms with Crippen LogP contribution in [-0.4, -0.2) is 12.6 Å². The van der Waals surface area contributed by atoms with E-state index in [1.54, 1.807) is 11.3 Å². The van der Waals surface area contributed by atoms with Crippen molar-refractivity contribution < 1.29 is 0 Å². The van der Waals surface area contributed by atoms with Crippen molar-refractivity contribution in [1.29, 1.82) is 0 Å². The van der Waals surface area contributed by atoms with E-state index in [2.05, 4.69) is 57.1 Å². The molecule has 1 nitrogen and oxygen atoms in total. The van der Waals surface area contributed by atoms with Crippen LogP contribution in [0.15, 0.2) is 39.5 Å². The number of thiophene rings is 1. The molecule has 0 radical (unpaired) electrons. The highest BCUT2D eigenvalue weighted by Crippen LogP contribution is 2.23. The monoisotopic (exact) mass is 357 g/mol. The number of hydrogen-bond acceptors (Lipinski definition) is 2. The smallest absolute Gasteiger partial charge is 0.0449 e. The van der Waals surface area contributed by atoms with Gasteiger partial charge in [0.25, 0.3) is 0 Å². The van der Waals surface area contributed by atoms with Gasteiger partial charge >= 0.3 is 0 Å². The van der Waals surface area contributed by atoms with E-state index in [1.165, 1.54) is 11.1 Å². The molecule has 0 bridgehead atoms. The molecule has 0 aliphatic carbocycles. The van der Waals surface area contributed by atoms with E-state index in [-0.39, 0.29) is 0 Å². The summed E-state index contributed by atoms with van der Waals surface area (Å²) >= 11 is 11.5. The first-order chi connectivity index (χ1) is 9.19. The van der Waals surface area contributed by atoms with E-state index in [0.717, 1.165) is 28.9 Å². The van der Waals surface area contributed by atoms with Crippen molar-refractivity contribution in [2.75, 3.05) is 6.54 Å². The van der Waals surface area contributed by atoms with Crippen molar-refractivity contribution >= 4 is 38.9 Å². The highest BCUT2D eigenvalue weighted by Gasteiger charge is 2.12. The van der Waals surface area contributed by atoms with Crippen LogP contribution < -0.4 is 5.32 Å². The minimum absolute atomic E-state index is 0.429. The van der Waals surface area contributed by atoms with Crippen molar-refractivity contribution in [3.05, 3.63) is 55.6 Å². The predicted octanol–water partition coefficient (Wildman–Crippen LogP) is 4.93. The molecular weight excluding hydrogens is 342 g/mol. The Balaban J connectivity index is 2.07. The Labute approximate surface area is 132 Å². The molecule has 1 heterocycles. The van der Waals surface area contributed by atoms with E-state index in [1.807, 2.05) is 6.07 Å². The molecule has 0 spiro atoms. The van der Waals surface area contributed by atoms with Gasteiger partial charge in [0.05, 0.1) is 0 Å². The molecule has 1 atom stereocenters. The van der Waals surface area contributed by atoms with Crippen molar-refractivity contribution in [1.82, 2.24) is 5.32 Å². The third-order valence-corrected chi connectivity index (χ3v) is 4.61. The molecule has 2 rings (SSSR count). The number of nitrogens with one attached hydrogen (secondary N) is 1. The first-order valence-electron chi connectivity index (χ1n) is 6.37. The summed E-state index contributed by atoms with van der Waals surface area (Å²) < 4.78 is 1.03. The zero-order valence-electron chi connectivity index (χ0n) is 10.8. The molecule has 1 unspecified atom stereocenters. The third-order valence-electron chi connectivity index (χ3n) is 3.04. The molecule has 0 fully saturated rings. The van der Waals surface area contributed by atoms with Crippen molar-refractivity contribution in [2.45, 2.75) is 25.8 Å². The molecule has 2 aromatic rings. The lowest BCUT2D eigenvalue weighted by Crippen LogP contribution is -2.33. The van der Waals surface area contributed by atoms with Crippen LogP contribution in [0.25, 0.3) is 0 Å². The molecule has 102 valence electrons. The van der Waals surface area contributed by atoms with E-state index in [4.69, 9.17) is 11.6 Å². The molecule has 19 heavy (non-hydrogen) atoms. The first kappa shape index (κ1) is 15.0. The van der Waals surface area contributed by atoms with Crippen LogP contribution in [0.1, 0.15) is 18.1 Å². The predicted molar refractivity (Wildman–Crippen MR) is 88.3 cm³/mol. The molecule has 1 N–H and O–H groups in total. The lowest BCUT2D eigenvalue weighted by molar-refractivity contribution is 0.522. The van der Waals surface area contributed by atoms with Crippen molar-refractivity contribution in [2.24, 2.45) is 0 Å². The summed E-state index contributed by atoms with van der Waals surface area (Å²) in [6.45, 7) is 3.12. The Hall–Kier alpha value is -0.350. The Morgan fingerprint density at radius 1 is 1.32 bits per heavy atom. The third kappa shape index (κ3) is 4.60. The minimum Gasteiger partial charge on any atom is -0.314 e. The summed E-state index contributed by atoms with van der Waals surface area (Å²) in [5.74, 6) is 0. The lowest BCUT2D eigenvalue weighted by Gasteiger charge is -2.18. The maximum atomic E-state index is 6.30. The number of hydrogen-bond donors (Lipinski definition) is 1. The van der Waals surface area contributed by atoms with Crippen LogP contribution >= 0.6 is 38.9 Å². The second kappa shape index (κ2) is 7.44. The number of rotatable bonds is 6. The molecule has 1 aromatic heterocycles. The summed E-state index contributed by atoms with van der Waals surface area (Å²) in [6.07, 6.45) is 2.00. The maximum absolute atomic E-state index is 6.30. The normalized spacial score (nSPS) is 12.6. The standard InChI is InChI=1S/C15H17BrClNS/c1-2-18-14(7-11-5-6-19-10-11)8-12-3-4-13(16)9-15(12)17/h3-6,9-10,14,18H,2,7-8H2,1H3. The second-order valence-corrected chi connectivity index (χ2v) is 6.63. The molecule has 0 aliphatic heterocycles. The van der Waals surface area contributed by atoms with Gasteiger partial charge in [-0.15, -0.1) is 0 Å². The Morgan fingerprint density at radius 3 is 2.79 bits per heavy atom. The van der Waals surface area contributed by atoms with E-state index >= 15 is 0 Å². The fourth-order valence-electron chi connectivity index (χ4n) is 2.15. The SMILES string of the molecule is CCNC(Cc1ccsc1)Cc1ccc(Br)cc1Cl. The minimum atomic E-state index is 0.429. The van der Waals surface area contributed by atoms with E-state index in [9.17, 15) is 0 Å². The summed E-state index contributed by atoms with van der Waals surface area (Å²) in [5.41, 5.74) is 2.59. The number of halogens is 2. The Bertz CT molecular complexity index is 513. The fraction of sp³-hybridized carbons (Fsp3) is 0.333. The van der Waals surface area contributed by atoms with E-state index in [0.29, 0.717) is 6.04 Å². The van der Waals surface area contributed by atoms with Gasteiger partial charge in [-0.2, -0.15) is 11.3 Å². The highest BCUT2D eigenvalue weighted by molar-refractivity contribution is 9.10. The van der Waals surface area contributed by atoms with Gasteiger partial charge in [0.1, 0.15) is 0 Å². The molecule has 0 amide bonds. The maximum Gasteiger partial charge on any atom is 0.0449 e. The summed E-state index contributed by atoms with van der Waals surface area (Å²) in [4.78, 5) is 0. The van der Waals surface area contributed by atoms with Crippen LogP contribution in [0.4, 0.5) is 0 Å². The van der Waals surface area contributed by atoms with Gasteiger partial charge in [0.15, 0.2) is 0 Å². The van der Waals surface area contributed by atoms with Crippen molar-refractivity contribution in [3.63, 3.8) is 0 Å². The summed E-state index contributed by atoms with van der Waals surface area (Å²) in [5, 5.41) is 8.73. The van der Waals surface area contributed by atoms with Crippen LogP contribution in [0.3, 0.4) is 0 Å².